The van der Waals surface area contributed by atoms with E-state index in [1.807, 2.05) is 18.2 Å². The third-order valence-electron chi connectivity index (χ3n) is 3.91. The smallest absolute Gasteiger partial charge is 0.329 e. The van der Waals surface area contributed by atoms with Gasteiger partial charge in [0.15, 0.2) is 0 Å². The molecule has 0 radical (unpaired) electrons. The first-order chi connectivity index (χ1) is 11.6. The highest BCUT2D eigenvalue weighted by molar-refractivity contribution is 8.26. The number of benzene rings is 1. The number of nitrogens with zero attached hydrogens (tertiary/aromatic N) is 1. The Balaban J connectivity index is 2.21. The van der Waals surface area contributed by atoms with E-state index in [1.54, 1.807) is 13.8 Å². The molecule has 4 nitrogen and oxygen atoms in total. The molecule has 1 heterocycles. The van der Waals surface area contributed by atoms with E-state index in [-0.39, 0.29) is 17.9 Å². The molecule has 2 rings (SSSR count). The fourth-order valence-electron chi connectivity index (χ4n) is 2.41. The predicted octanol–water partition coefficient (Wildman–Crippen LogP) is 4.14. The highest BCUT2D eigenvalue weighted by atomic mass is 32.2. The standard InChI is InChI=1S/C19H23NO3S2/c1-6-23-17(22)12(2)20-16(21)15(25-18(20)24)11-13-7-9-14(10-8-13)19(3,4)5/h7-12H,6H2,1-5H3/b15-11-. The zero-order chi connectivity index (χ0) is 18.8. The monoisotopic (exact) mass is 377 g/mol. The molecule has 25 heavy (non-hydrogen) atoms. The van der Waals surface area contributed by atoms with Gasteiger partial charge in [0.2, 0.25) is 0 Å². The number of hydrogen-bond acceptors (Lipinski definition) is 5. The molecule has 134 valence electrons. The van der Waals surface area contributed by atoms with Crippen LogP contribution in [0, 0.1) is 0 Å². The number of amides is 1. The number of thiocarbonyl (C=S) groups is 1. The normalized spacial score (nSPS) is 18.0. The summed E-state index contributed by atoms with van der Waals surface area (Å²) in [6, 6.07) is 7.38. The van der Waals surface area contributed by atoms with Crippen LogP contribution in [0.4, 0.5) is 0 Å². The van der Waals surface area contributed by atoms with Crippen molar-refractivity contribution in [3.63, 3.8) is 0 Å². The molecule has 1 amide bonds. The molecular formula is C19H23NO3S2. The second-order valence-corrected chi connectivity index (χ2v) is 8.53. The first kappa shape index (κ1) is 19.7. The van der Waals surface area contributed by atoms with E-state index < -0.39 is 12.0 Å². The van der Waals surface area contributed by atoms with E-state index in [0.29, 0.717) is 9.23 Å². The van der Waals surface area contributed by atoms with Crippen LogP contribution in [0.3, 0.4) is 0 Å². The van der Waals surface area contributed by atoms with Crippen molar-refractivity contribution < 1.29 is 14.3 Å². The zero-order valence-corrected chi connectivity index (χ0v) is 16.8. The van der Waals surface area contributed by atoms with Gasteiger partial charge >= 0.3 is 5.97 Å². The molecular weight excluding hydrogens is 354 g/mol. The van der Waals surface area contributed by atoms with E-state index in [1.165, 1.54) is 22.2 Å². The molecule has 1 aliphatic heterocycles. The Labute approximate surface area is 158 Å². The lowest BCUT2D eigenvalue weighted by molar-refractivity contribution is -0.149. The number of ether oxygens (including phenoxy) is 1. The van der Waals surface area contributed by atoms with Gasteiger partial charge in [-0.2, -0.15) is 0 Å². The van der Waals surface area contributed by atoms with Crippen molar-refractivity contribution in [2.24, 2.45) is 0 Å². The molecule has 1 atom stereocenters. The summed E-state index contributed by atoms with van der Waals surface area (Å²) in [7, 11) is 0. The molecule has 1 saturated heterocycles. The fourth-order valence-corrected chi connectivity index (χ4v) is 3.83. The number of hydrogen-bond donors (Lipinski definition) is 0. The lowest BCUT2D eigenvalue weighted by Gasteiger charge is -2.21. The van der Waals surface area contributed by atoms with Crippen LogP contribution in [0.25, 0.3) is 6.08 Å². The van der Waals surface area contributed by atoms with Gasteiger partial charge in [-0.1, -0.05) is 69.0 Å². The van der Waals surface area contributed by atoms with Crippen molar-refractivity contribution in [3.05, 3.63) is 40.3 Å². The van der Waals surface area contributed by atoms with Gasteiger partial charge in [0.05, 0.1) is 11.5 Å². The van der Waals surface area contributed by atoms with Crippen molar-refractivity contribution in [2.45, 2.75) is 46.1 Å². The van der Waals surface area contributed by atoms with Crippen molar-refractivity contribution in [1.29, 1.82) is 0 Å². The van der Waals surface area contributed by atoms with Crippen LogP contribution >= 0.6 is 24.0 Å². The lowest BCUT2D eigenvalue weighted by Crippen LogP contribution is -2.42. The van der Waals surface area contributed by atoms with E-state index >= 15 is 0 Å². The van der Waals surface area contributed by atoms with E-state index in [4.69, 9.17) is 17.0 Å². The molecule has 0 saturated carbocycles. The Morgan fingerprint density at radius 2 is 1.92 bits per heavy atom. The van der Waals surface area contributed by atoms with Gasteiger partial charge in [-0.25, -0.2) is 4.79 Å². The van der Waals surface area contributed by atoms with Crippen LogP contribution in [0.2, 0.25) is 0 Å². The second-order valence-electron chi connectivity index (χ2n) is 6.85. The maximum atomic E-state index is 12.6. The van der Waals surface area contributed by atoms with Crippen molar-refractivity contribution in [2.75, 3.05) is 6.61 Å². The average molecular weight is 378 g/mol. The lowest BCUT2D eigenvalue weighted by atomic mass is 9.87. The second kappa shape index (κ2) is 7.70. The molecule has 1 aromatic rings. The van der Waals surface area contributed by atoms with Crippen molar-refractivity contribution >= 4 is 46.3 Å². The third-order valence-corrected chi connectivity index (χ3v) is 5.24. The predicted molar refractivity (Wildman–Crippen MR) is 106 cm³/mol. The summed E-state index contributed by atoms with van der Waals surface area (Å²) in [6.07, 6.45) is 1.81. The Bertz CT molecular complexity index is 717. The molecule has 1 aliphatic rings. The van der Waals surface area contributed by atoms with E-state index in [9.17, 15) is 9.59 Å². The quantitative estimate of drug-likeness (QED) is 0.448. The molecule has 0 aromatic heterocycles. The van der Waals surface area contributed by atoms with Gasteiger partial charge in [0, 0.05) is 0 Å². The molecule has 0 aliphatic carbocycles. The number of thioether (sulfide) groups is 1. The Morgan fingerprint density at radius 1 is 1.32 bits per heavy atom. The summed E-state index contributed by atoms with van der Waals surface area (Å²) >= 11 is 6.49. The summed E-state index contributed by atoms with van der Waals surface area (Å²) in [5.41, 5.74) is 2.24. The van der Waals surface area contributed by atoms with Crippen LogP contribution in [0.15, 0.2) is 29.2 Å². The Hall–Kier alpha value is -1.66. The molecule has 0 bridgehead atoms. The summed E-state index contributed by atoms with van der Waals surface area (Å²) in [5, 5.41) is 0. The fraction of sp³-hybridized carbons (Fsp3) is 0.421. The molecule has 6 heteroatoms. The molecule has 0 spiro atoms. The minimum Gasteiger partial charge on any atom is -0.464 e. The SMILES string of the molecule is CCOC(=O)C(C)N1C(=O)/C(=C/c2ccc(C(C)(C)C)cc2)SC1=S. The Kier molecular flexibility index (Phi) is 6.06. The maximum absolute atomic E-state index is 12.6. The van der Waals surface area contributed by atoms with Gasteiger partial charge in [-0.15, -0.1) is 0 Å². The van der Waals surface area contributed by atoms with Gasteiger partial charge < -0.3 is 4.74 Å². The highest BCUT2D eigenvalue weighted by Crippen LogP contribution is 2.34. The van der Waals surface area contributed by atoms with Gasteiger partial charge in [0.25, 0.3) is 5.91 Å². The zero-order valence-electron chi connectivity index (χ0n) is 15.2. The third kappa shape index (κ3) is 4.50. The molecule has 1 unspecified atom stereocenters. The summed E-state index contributed by atoms with van der Waals surface area (Å²) in [5.74, 6) is -0.704. The van der Waals surface area contributed by atoms with Gasteiger partial charge in [-0.3, -0.25) is 9.69 Å². The number of esters is 1. The minimum atomic E-state index is -0.721. The first-order valence-electron chi connectivity index (χ1n) is 8.19. The average Bonchev–Trinajstić information content (AvgIpc) is 2.80. The van der Waals surface area contributed by atoms with Gasteiger partial charge in [-0.05, 0) is 36.5 Å². The number of carbonyl (C=O) groups is 2. The van der Waals surface area contributed by atoms with Gasteiger partial charge in [0.1, 0.15) is 10.4 Å². The largest absolute Gasteiger partial charge is 0.464 e. The molecule has 0 N–H and O–H groups in total. The van der Waals surface area contributed by atoms with Crippen LogP contribution < -0.4 is 0 Å². The minimum absolute atomic E-state index is 0.0804. The van der Waals surface area contributed by atoms with Crippen LogP contribution in [-0.2, 0) is 19.7 Å². The summed E-state index contributed by atoms with van der Waals surface area (Å²) in [4.78, 5) is 26.4. The van der Waals surface area contributed by atoms with Crippen LogP contribution in [0.1, 0.15) is 45.7 Å². The first-order valence-corrected chi connectivity index (χ1v) is 9.42. The van der Waals surface area contributed by atoms with Crippen LogP contribution in [-0.4, -0.2) is 33.7 Å². The number of carbonyl (C=O) groups excluding carboxylic acids is 2. The Morgan fingerprint density at radius 3 is 2.44 bits per heavy atom. The molecule has 1 fully saturated rings. The highest BCUT2D eigenvalue weighted by Gasteiger charge is 2.38. The number of rotatable bonds is 4. The van der Waals surface area contributed by atoms with Crippen LogP contribution in [0.5, 0.6) is 0 Å². The topological polar surface area (TPSA) is 46.6 Å². The van der Waals surface area contributed by atoms with E-state index in [2.05, 4.69) is 32.9 Å². The molecule has 1 aromatic carbocycles. The van der Waals surface area contributed by atoms with Crippen molar-refractivity contribution in [3.8, 4) is 0 Å². The van der Waals surface area contributed by atoms with Crippen molar-refractivity contribution in [1.82, 2.24) is 4.90 Å². The maximum Gasteiger partial charge on any atom is 0.329 e. The summed E-state index contributed by atoms with van der Waals surface area (Å²) < 4.78 is 5.37. The van der Waals surface area contributed by atoms with E-state index in [0.717, 1.165) is 5.56 Å². The summed E-state index contributed by atoms with van der Waals surface area (Å²) in [6.45, 7) is 10.1.